The van der Waals surface area contributed by atoms with E-state index < -0.39 is 15.8 Å². The van der Waals surface area contributed by atoms with Crippen molar-refractivity contribution in [1.82, 2.24) is 14.1 Å². The van der Waals surface area contributed by atoms with Crippen LogP contribution in [0.5, 0.6) is 0 Å². The molecule has 0 saturated carbocycles. The van der Waals surface area contributed by atoms with Crippen LogP contribution in [0.3, 0.4) is 0 Å². The molecule has 10 heteroatoms. The molecule has 0 aliphatic carbocycles. The first kappa shape index (κ1) is 23.3. The van der Waals surface area contributed by atoms with Crippen LogP contribution in [0.4, 0.5) is 10.1 Å². The summed E-state index contributed by atoms with van der Waals surface area (Å²) in [4.78, 5) is 28.9. The zero-order chi connectivity index (χ0) is 23.4. The number of hydrogen-bond acceptors (Lipinski definition) is 5. The first-order valence-electron chi connectivity index (χ1n) is 11.0. The highest BCUT2D eigenvalue weighted by Crippen LogP contribution is 2.21. The van der Waals surface area contributed by atoms with Gasteiger partial charge in [-0.3, -0.25) is 14.5 Å². The van der Waals surface area contributed by atoms with E-state index in [1.54, 1.807) is 23.1 Å². The Morgan fingerprint density at radius 3 is 2.21 bits per heavy atom. The van der Waals surface area contributed by atoms with Gasteiger partial charge >= 0.3 is 0 Å². The van der Waals surface area contributed by atoms with Crippen LogP contribution in [0.2, 0.25) is 0 Å². The predicted molar refractivity (Wildman–Crippen MR) is 122 cm³/mol. The summed E-state index contributed by atoms with van der Waals surface area (Å²) in [6, 6.07) is 11.8. The summed E-state index contributed by atoms with van der Waals surface area (Å²) in [6.45, 7) is 3.20. The van der Waals surface area contributed by atoms with Gasteiger partial charge in [-0.15, -0.1) is 0 Å². The van der Waals surface area contributed by atoms with Gasteiger partial charge in [0.2, 0.25) is 15.9 Å². The second-order valence-corrected chi connectivity index (χ2v) is 10.2. The minimum atomic E-state index is -3.51. The maximum Gasteiger partial charge on any atom is 0.253 e. The lowest BCUT2D eigenvalue weighted by atomic mass is 10.2. The highest BCUT2D eigenvalue weighted by Gasteiger charge is 2.28. The fraction of sp³-hybridized carbons (Fsp3) is 0.391. The molecule has 0 aromatic heterocycles. The lowest BCUT2D eigenvalue weighted by Gasteiger charge is -2.34. The molecular weight excluding hydrogens is 447 g/mol. The maximum atomic E-state index is 13.3. The SMILES string of the molecule is O=C(CN1CCN(C(=O)c2ccc(S(=O)(=O)N3CCCC3)cc2)CC1)Nc1cccc(F)c1. The first-order valence-corrected chi connectivity index (χ1v) is 12.4. The van der Waals surface area contributed by atoms with Crippen molar-refractivity contribution in [3.8, 4) is 0 Å². The number of amides is 2. The third-order valence-corrected chi connectivity index (χ3v) is 7.85. The van der Waals surface area contributed by atoms with Gasteiger partial charge in [0.15, 0.2) is 0 Å². The lowest BCUT2D eigenvalue weighted by Crippen LogP contribution is -2.50. The van der Waals surface area contributed by atoms with Crippen LogP contribution >= 0.6 is 0 Å². The van der Waals surface area contributed by atoms with Gasteiger partial charge in [-0.05, 0) is 55.3 Å². The van der Waals surface area contributed by atoms with E-state index in [0.29, 0.717) is 50.5 Å². The van der Waals surface area contributed by atoms with Crippen LogP contribution in [-0.4, -0.2) is 80.2 Å². The number of anilines is 1. The summed E-state index contributed by atoms with van der Waals surface area (Å²) in [6.07, 6.45) is 1.74. The fourth-order valence-corrected chi connectivity index (χ4v) is 5.63. The molecule has 33 heavy (non-hydrogen) atoms. The molecule has 2 saturated heterocycles. The van der Waals surface area contributed by atoms with Crippen molar-refractivity contribution in [2.75, 3.05) is 51.1 Å². The van der Waals surface area contributed by atoms with Crippen molar-refractivity contribution in [2.24, 2.45) is 0 Å². The summed E-state index contributed by atoms with van der Waals surface area (Å²) >= 11 is 0. The minimum Gasteiger partial charge on any atom is -0.336 e. The molecule has 176 valence electrons. The van der Waals surface area contributed by atoms with Crippen molar-refractivity contribution in [3.63, 3.8) is 0 Å². The third kappa shape index (κ3) is 5.58. The van der Waals surface area contributed by atoms with Crippen molar-refractivity contribution >= 4 is 27.5 Å². The molecule has 0 unspecified atom stereocenters. The molecule has 2 amide bonds. The molecule has 2 fully saturated rings. The summed E-state index contributed by atoms with van der Waals surface area (Å²) in [5.41, 5.74) is 0.844. The molecule has 0 radical (unpaired) electrons. The van der Waals surface area contributed by atoms with Gasteiger partial charge in [-0.1, -0.05) is 6.07 Å². The number of halogens is 1. The average Bonchev–Trinajstić information content (AvgIpc) is 3.35. The van der Waals surface area contributed by atoms with Crippen molar-refractivity contribution in [3.05, 3.63) is 59.9 Å². The number of carbonyl (C=O) groups is 2. The van der Waals surface area contributed by atoms with Gasteiger partial charge in [0.1, 0.15) is 5.82 Å². The summed E-state index contributed by atoms with van der Waals surface area (Å²) in [7, 11) is -3.51. The monoisotopic (exact) mass is 474 g/mol. The van der Waals surface area contributed by atoms with Crippen LogP contribution < -0.4 is 5.32 Å². The molecule has 8 nitrogen and oxygen atoms in total. The van der Waals surface area contributed by atoms with Gasteiger partial charge in [-0.2, -0.15) is 4.31 Å². The van der Waals surface area contributed by atoms with Gasteiger partial charge < -0.3 is 10.2 Å². The summed E-state index contributed by atoms with van der Waals surface area (Å²) in [5.74, 6) is -0.819. The fourth-order valence-electron chi connectivity index (χ4n) is 4.11. The van der Waals surface area contributed by atoms with Crippen molar-refractivity contribution in [2.45, 2.75) is 17.7 Å². The summed E-state index contributed by atoms with van der Waals surface area (Å²) < 4.78 is 40.0. The lowest BCUT2D eigenvalue weighted by molar-refractivity contribution is -0.117. The Morgan fingerprint density at radius 1 is 0.909 bits per heavy atom. The van der Waals surface area contributed by atoms with E-state index in [4.69, 9.17) is 0 Å². The van der Waals surface area contributed by atoms with Crippen molar-refractivity contribution < 1.29 is 22.4 Å². The van der Waals surface area contributed by atoms with E-state index in [1.807, 2.05) is 4.90 Å². The quantitative estimate of drug-likeness (QED) is 0.692. The second kappa shape index (κ2) is 9.98. The Morgan fingerprint density at radius 2 is 1.58 bits per heavy atom. The van der Waals surface area contributed by atoms with E-state index in [9.17, 15) is 22.4 Å². The van der Waals surface area contributed by atoms with Crippen LogP contribution in [0.1, 0.15) is 23.2 Å². The Balaban J connectivity index is 1.29. The van der Waals surface area contributed by atoms with E-state index in [0.717, 1.165) is 12.8 Å². The van der Waals surface area contributed by atoms with Crippen LogP contribution in [0.25, 0.3) is 0 Å². The van der Waals surface area contributed by atoms with Crippen LogP contribution in [-0.2, 0) is 14.8 Å². The Hall–Kier alpha value is -2.82. The van der Waals surface area contributed by atoms with E-state index in [-0.39, 0.29) is 23.3 Å². The normalized spacial score (nSPS) is 17.8. The largest absolute Gasteiger partial charge is 0.336 e. The van der Waals surface area contributed by atoms with E-state index in [1.165, 1.54) is 34.6 Å². The zero-order valence-electron chi connectivity index (χ0n) is 18.2. The molecule has 2 aliphatic heterocycles. The molecule has 4 rings (SSSR count). The molecule has 2 heterocycles. The number of hydrogen-bond donors (Lipinski definition) is 1. The molecule has 0 bridgehead atoms. The highest BCUT2D eigenvalue weighted by atomic mass is 32.2. The number of nitrogens with zero attached hydrogens (tertiary/aromatic N) is 3. The van der Waals surface area contributed by atoms with Gasteiger partial charge in [-0.25, -0.2) is 12.8 Å². The van der Waals surface area contributed by atoms with E-state index >= 15 is 0 Å². The van der Waals surface area contributed by atoms with Crippen LogP contribution in [0, 0.1) is 5.82 Å². The number of piperazine rings is 1. The first-order chi connectivity index (χ1) is 15.8. The maximum absolute atomic E-state index is 13.3. The third-order valence-electron chi connectivity index (χ3n) is 5.94. The number of sulfonamides is 1. The highest BCUT2D eigenvalue weighted by molar-refractivity contribution is 7.89. The zero-order valence-corrected chi connectivity index (χ0v) is 19.1. The number of carbonyl (C=O) groups excluding carboxylic acids is 2. The Kier molecular flexibility index (Phi) is 7.06. The van der Waals surface area contributed by atoms with Crippen molar-refractivity contribution in [1.29, 1.82) is 0 Å². The molecular formula is C23H27FN4O4S. The Labute approximate surface area is 193 Å². The van der Waals surface area contributed by atoms with Gasteiger partial charge in [0.05, 0.1) is 11.4 Å². The number of benzene rings is 2. The topological polar surface area (TPSA) is 90.0 Å². The molecule has 0 spiro atoms. The molecule has 2 aromatic rings. The molecule has 2 aliphatic rings. The van der Waals surface area contributed by atoms with Gasteiger partial charge in [0, 0.05) is 50.5 Å². The summed E-state index contributed by atoms with van der Waals surface area (Å²) in [5, 5.41) is 2.67. The Bertz CT molecular complexity index is 1110. The average molecular weight is 475 g/mol. The number of rotatable bonds is 6. The second-order valence-electron chi connectivity index (χ2n) is 8.26. The van der Waals surface area contributed by atoms with Gasteiger partial charge in [0.25, 0.3) is 5.91 Å². The molecule has 1 N–H and O–H groups in total. The smallest absolute Gasteiger partial charge is 0.253 e. The van der Waals surface area contributed by atoms with E-state index in [2.05, 4.69) is 5.32 Å². The minimum absolute atomic E-state index is 0.154. The molecule has 0 atom stereocenters. The standard InChI is InChI=1S/C23H27FN4O4S/c24-19-4-3-5-20(16-19)25-22(29)17-26-12-14-27(15-13-26)23(30)18-6-8-21(9-7-18)33(31,32)28-10-1-2-11-28/h3-9,16H,1-2,10-15,17H2,(H,25,29). The predicted octanol–water partition coefficient (Wildman–Crippen LogP) is 2.01. The molecule has 2 aromatic carbocycles. The number of nitrogens with one attached hydrogen (secondary N) is 1. The van der Waals surface area contributed by atoms with Crippen LogP contribution in [0.15, 0.2) is 53.4 Å².